The molecule has 0 rings (SSSR count). The van der Waals surface area contributed by atoms with Crippen molar-refractivity contribution in [1.82, 2.24) is 15.5 Å². The molecule has 108 valence electrons. The Hall–Kier alpha value is -0.770. The molecule has 4 nitrogen and oxygen atoms in total. The topological polar surface area (TPSA) is 39.7 Å². The zero-order valence-electron chi connectivity index (χ0n) is 12.9. The fourth-order valence-corrected chi connectivity index (χ4v) is 1.95. The number of nitrogens with zero attached hydrogens (tertiary/aromatic N) is 2. The van der Waals surface area contributed by atoms with Crippen molar-refractivity contribution >= 4 is 5.96 Å². The van der Waals surface area contributed by atoms with Gasteiger partial charge in [-0.2, -0.15) is 0 Å². The molecule has 0 aliphatic heterocycles. The average Bonchev–Trinajstić information content (AvgIpc) is 2.33. The highest BCUT2D eigenvalue weighted by atomic mass is 15.2. The van der Waals surface area contributed by atoms with E-state index < -0.39 is 0 Å². The third-order valence-electron chi connectivity index (χ3n) is 2.67. The summed E-state index contributed by atoms with van der Waals surface area (Å²) < 4.78 is 0. The fraction of sp³-hybridized carbons (Fsp3) is 0.929. The summed E-state index contributed by atoms with van der Waals surface area (Å²) >= 11 is 0. The molecule has 2 N–H and O–H groups in total. The molecule has 0 aromatic rings. The molecular weight excluding hydrogens is 224 g/mol. The van der Waals surface area contributed by atoms with E-state index in [-0.39, 0.29) is 0 Å². The first-order valence-electron chi connectivity index (χ1n) is 7.33. The van der Waals surface area contributed by atoms with Gasteiger partial charge in [-0.3, -0.25) is 4.99 Å². The lowest BCUT2D eigenvalue weighted by atomic mass is 10.3. The number of aliphatic imine (C=N–C) groups is 1. The van der Waals surface area contributed by atoms with E-state index in [0.29, 0.717) is 6.04 Å². The van der Waals surface area contributed by atoms with Crippen LogP contribution in [0.25, 0.3) is 0 Å². The lowest BCUT2D eigenvalue weighted by Gasteiger charge is -2.21. The normalized spacial score (nSPS) is 12.3. The van der Waals surface area contributed by atoms with E-state index in [4.69, 9.17) is 0 Å². The highest BCUT2D eigenvalue weighted by Crippen LogP contribution is 1.95. The summed E-state index contributed by atoms with van der Waals surface area (Å²) in [5, 5.41) is 6.65. The van der Waals surface area contributed by atoms with E-state index in [1.807, 2.05) is 7.05 Å². The van der Waals surface area contributed by atoms with E-state index in [9.17, 15) is 0 Å². The van der Waals surface area contributed by atoms with Crippen LogP contribution in [0.15, 0.2) is 4.99 Å². The Labute approximate surface area is 113 Å². The monoisotopic (exact) mass is 256 g/mol. The molecule has 0 aromatic heterocycles. The molecule has 0 saturated carbocycles. The molecule has 0 saturated heterocycles. The highest BCUT2D eigenvalue weighted by molar-refractivity contribution is 5.79. The van der Waals surface area contributed by atoms with Crippen molar-refractivity contribution in [1.29, 1.82) is 0 Å². The molecule has 0 aliphatic rings. The number of hydrogen-bond donors (Lipinski definition) is 2. The molecule has 0 aromatic carbocycles. The molecule has 18 heavy (non-hydrogen) atoms. The van der Waals surface area contributed by atoms with Crippen LogP contribution >= 0.6 is 0 Å². The van der Waals surface area contributed by atoms with Gasteiger partial charge < -0.3 is 15.5 Å². The molecule has 4 heteroatoms. The molecule has 0 atom stereocenters. The average molecular weight is 256 g/mol. The third-order valence-corrected chi connectivity index (χ3v) is 2.67. The van der Waals surface area contributed by atoms with Gasteiger partial charge in [-0.25, -0.2) is 0 Å². The van der Waals surface area contributed by atoms with Crippen molar-refractivity contribution in [3.8, 4) is 0 Å². The second-order valence-electron chi connectivity index (χ2n) is 4.99. The smallest absolute Gasteiger partial charge is 0.191 e. The summed E-state index contributed by atoms with van der Waals surface area (Å²) in [6.07, 6.45) is 3.65. The summed E-state index contributed by atoms with van der Waals surface area (Å²) in [6.45, 7) is 13.3. The number of rotatable bonds is 9. The van der Waals surface area contributed by atoms with E-state index in [1.165, 1.54) is 38.9 Å². The Bertz CT molecular complexity index is 208. The lowest BCUT2D eigenvalue weighted by molar-refractivity contribution is 0.271. The molecule has 0 bridgehead atoms. The van der Waals surface area contributed by atoms with Gasteiger partial charge in [0.25, 0.3) is 0 Å². The van der Waals surface area contributed by atoms with Crippen LogP contribution in [-0.4, -0.2) is 50.1 Å². The van der Waals surface area contributed by atoms with E-state index in [1.54, 1.807) is 0 Å². The summed E-state index contributed by atoms with van der Waals surface area (Å²) in [6, 6.07) is 0.424. The number of hydrogen-bond acceptors (Lipinski definition) is 2. The largest absolute Gasteiger partial charge is 0.356 e. The quantitative estimate of drug-likeness (QED) is 0.377. The van der Waals surface area contributed by atoms with Gasteiger partial charge in [-0.05, 0) is 52.7 Å². The number of guanidine groups is 1. The van der Waals surface area contributed by atoms with Crippen LogP contribution in [-0.2, 0) is 0 Å². The van der Waals surface area contributed by atoms with Crippen molar-refractivity contribution in [3.63, 3.8) is 0 Å². The van der Waals surface area contributed by atoms with Gasteiger partial charge in [0.15, 0.2) is 5.96 Å². The fourth-order valence-electron chi connectivity index (χ4n) is 1.95. The Morgan fingerprint density at radius 3 is 2.17 bits per heavy atom. The van der Waals surface area contributed by atoms with Gasteiger partial charge in [0.05, 0.1) is 0 Å². The first-order valence-corrected chi connectivity index (χ1v) is 7.33. The predicted molar refractivity (Wildman–Crippen MR) is 81.3 cm³/mol. The maximum Gasteiger partial charge on any atom is 0.191 e. The first-order chi connectivity index (χ1) is 8.63. The maximum atomic E-state index is 4.20. The molecular formula is C14H32N4. The van der Waals surface area contributed by atoms with Gasteiger partial charge in [0, 0.05) is 19.6 Å². The zero-order chi connectivity index (χ0) is 13.8. The van der Waals surface area contributed by atoms with Gasteiger partial charge in [-0.15, -0.1) is 0 Å². The van der Waals surface area contributed by atoms with Crippen molar-refractivity contribution < 1.29 is 0 Å². The van der Waals surface area contributed by atoms with Crippen molar-refractivity contribution in [2.45, 2.75) is 53.0 Å². The second-order valence-corrected chi connectivity index (χ2v) is 4.99. The SMILES string of the molecule is CCCN(CCC)CCCNC(=NC)NC(C)C. The Morgan fingerprint density at radius 1 is 1.11 bits per heavy atom. The minimum Gasteiger partial charge on any atom is -0.356 e. The van der Waals surface area contributed by atoms with Gasteiger partial charge in [-0.1, -0.05) is 13.8 Å². The van der Waals surface area contributed by atoms with Crippen LogP contribution in [0.1, 0.15) is 47.0 Å². The van der Waals surface area contributed by atoms with E-state index in [2.05, 4.69) is 48.2 Å². The highest BCUT2D eigenvalue weighted by Gasteiger charge is 2.03. The minimum absolute atomic E-state index is 0.424. The van der Waals surface area contributed by atoms with Gasteiger partial charge in [0.2, 0.25) is 0 Å². The van der Waals surface area contributed by atoms with Crippen LogP contribution in [0.4, 0.5) is 0 Å². The molecule has 0 fully saturated rings. The van der Waals surface area contributed by atoms with Crippen LogP contribution in [0.3, 0.4) is 0 Å². The van der Waals surface area contributed by atoms with E-state index in [0.717, 1.165) is 12.5 Å². The van der Waals surface area contributed by atoms with Crippen molar-refractivity contribution in [2.75, 3.05) is 33.2 Å². The number of nitrogens with one attached hydrogen (secondary N) is 2. The zero-order valence-corrected chi connectivity index (χ0v) is 12.9. The van der Waals surface area contributed by atoms with Gasteiger partial charge >= 0.3 is 0 Å². The van der Waals surface area contributed by atoms with Crippen LogP contribution in [0, 0.1) is 0 Å². The van der Waals surface area contributed by atoms with Crippen LogP contribution in [0.2, 0.25) is 0 Å². The third kappa shape index (κ3) is 9.28. The minimum atomic E-state index is 0.424. The summed E-state index contributed by atoms with van der Waals surface area (Å²) in [5.74, 6) is 0.905. The van der Waals surface area contributed by atoms with Gasteiger partial charge in [0.1, 0.15) is 0 Å². The standard InChI is InChI=1S/C14H32N4/c1-6-10-18(11-7-2)12-8-9-16-14(15-5)17-13(3)4/h13H,6-12H2,1-5H3,(H2,15,16,17). The predicted octanol–water partition coefficient (Wildman–Crippen LogP) is 2.07. The second kappa shape index (κ2) is 11.3. The molecule has 0 unspecified atom stereocenters. The van der Waals surface area contributed by atoms with Crippen molar-refractivity contribution in [3.05, 3.63) is 0 Å². The Kier molecular flexibility index (Phi) is 10.8. The Morgan fingerprint density at radius 2 is 1.72 bits per heavy atom. The Balaban J connectivity index is 3.74. The first kappa shape index (κ1) is 17.2. The molecule has 0 heterocycles. The lowest BCUT2D eigenvalue weighted by Crippen LogP contribution is -2.42. The summed E-state index contributed by atoms with van der Waals surface area (Å²) in [4.78, 5) is 6.74. The maximum absolute atomic E-state index is 4.20. The molecule has 0 amide bonds. The molecule has 0 aliphatic carbocycles. The van der Waals surface area contributed by atoms with Crippen LogP contribution < -0.4 is 10.6 Å². The van der Waals surface area contributed by atoms with Crippen LogP contribution in [0.5, 0.6) is 0 Å². The molecule has 0 radical (unpaired) electrons. The molecule has 0 spiro atoms. The summed E-state index contributed by atoms with van der Waals surface area (Å²) in [5.41, 5.74) is 0. The van der Waals surface area contributed by atoms with Crippen molar-refractivity contribution in [2.24, 2.45) is 4.99 Å². The summed E-state index contributed by atoms with van der Waals surface area (Å²) in [7, 11) is 1.82. The van der Waals surface area contributed by atoms with E-state index >= 15 is 0 Å².